The van der Waals surface area contributed by atoms with Gasteiger partial charge in [-0.15, -0.1) is 0 Å². The van der Waals surface area contributed by atoms with Crippen molar-refractivity contribution in [1.29, 1.82) is 0 Å². The van der Waals surface area contributed by atoms with Crippen LogP contribution in [-0.2, 0) is 14.3 Å². The highest BCUT2D eigenvalue weighted by atomic mass is 32.1. The molecule has 3 N–H and O–H groups in total. The fraction of sp³-hybridized carbons (Fsp3) is 0.353. The van der Waals surface area contributed by atoms with Gasteiger partial charge in [0, 0.05) is 12.7 Å². The van der Waals surface area contributed by atoms with Crippen LogP contribution in [0.1, 0.15) is 25.8 Å². The molecule has 0 aliphatic rings. The summed E-state index contributed by atoms with van der Waals surface area (Å²) in [5.41, 5.74) is 5.68. The number of amides is 2. The van der Waals surface area contributed by atoms with E-state index >= 15 is 0 Å². The second kappa shape index (κ2) is 12.0. The summed E-state index contributed by atoms with van der Waals surface area (Å²) in [5.74, 6) is 0.0829. The lowest BCUT2D eigenvalue weighted by Crippen LogP contribution is -2.48. The number of carbonyl (C=O) groups excluding carboxylic acids is 2. The summed E-state index contributed by atoms with van der Waals surface area (Å²) in [7, 11) is 0. The number of nitrogens with one attached hydrogen (secondary N) is 3. The van der Waals surface area contributed by atoms with Gasteiger partial charge >= 0.3 is 0 Å². The monoisotopic (exact) mass is 365 g/mol. The van der Waals surface area contributed by atoms with Gasteiger partial charge in [0.15, 0.2) is 5.11 Å². The number of hydrogen-bond acceptors (Lipinski definition) is 5. The summed E-state index contributed by atoms with van der Waals surface area (Å²) < 4.78 is 10.4. The number of thiocarbonyl (C=S) groups is 1. The van der Waals surface area contributed by atoms with Crippen LogP contribution in [-0.4, -0.2) is 36.7 Å². The highest BCUT2D eigenvalue weighted by molar-refractivity contribution is 7.80. The number of ether oxygens (including phenoxy) is 2. The lowest BCUT2D eigenvalue weighted by molar-refractivity contribution is -0.123. The molecule has 7 nitrogen and oxygen atoms in total. The van der Waals surface area contributed by atoms with Gasteiger partial charge in [-0.25, -0.2) is 0 Å². The van der Waals surface area contributed by atoms with Crippen molar-refractivity contribution in [1.82, 2.24) is 16.2 Å². The van der Waals surface area contributed by atoms with Crippen LogP contribution in [0.25, 0.3) is 6.08 Å². The summed E-state index contributed by atoms with van der Waals surface area (Å²) in [4.78, 5) is 23.2. The Morgan fingerprint density at radius 3 is 2.48 bits per heavy atom. The zero-order chi connectivity index (χ0) is 18.5. The number of rotatable bonds is 8. The van der Waals surface area contributed by atoms with Crippen LogP contribution in [0.2, 0.25) is 0 Å². The normalized spacial score (nSPS) is 10.3. The SMILES string of the molecule is CCOCCC(=O)NNC(=S)NC(=O)/C=C/c1ccc(OCC)cc1. The lowest BCUT2D eigenvalue weighted by atomic mass is 10.2. The van der Waals surface area contributed by atoms with Crippen molar-refractivity contribution in [2.45, 2.75) is 20.3 Å². The first-order valence-corrected chi connectivity index (χ1v) is 8.34. The van der Waals surface area contributed by atoms with Crippen molar-refractivity contribution in [2.24, 2.45) is 0 Å². The number of carbonyl (C=O) groups is 2. The first-order valence-electron chi connectivity index (χ1n) is 7.93. The zero-order valence-corrected chi connectivity index (χ0v) is 15.2. The van der Waals surface area contributed by atoms with Crippen LogP contribution in [0.5, 0.6) is 5.75 Å². The van der Waals surface area contributed by atoms with Gasteiger partial charge < -0.3 is 9.47 Å². The molecular formula is C17H23N3O4S. The first kappa shape index (κ1) is 20.6. The van der Waals surface area contributed by atoms with E-state index in [9.17, 15) is 9.59 Å². The minimum atomic E-state index is -0.407. The molecule has 1 rings (SSSR count). The predicted octanol–water partition coefficient (Wildman–Crippen LogP) is 1.55. The van der Waals surface area contributed by atoms with E-state index in [4.69, 9.17) is 21.7 Å². The third-order valence-corrected chi connectivity index (χ3v) is 3.05. The van der Waals surface area contributed by atoms with Crippen molar-refractivity contribution in [3.63, 3.8) is 0 Å². The summed E-state index contributed by atoms with van der Waals surface area (Å²) in [6.45, 7) is 5.24. The van der Waals surface area contributed by atoms with E-state index < -0.39 is 5.91 Å². The first-order chi connectivity index (χ1) is 12.0. The Labute approximate surface area is 152 Å². The molecule has 1 aromatic rings. The molecule has 0 unspecified atom stereocenters. The molecule has 8 heteroatoms. The molecule has 25 heavy (non-hydrogen) atoms. The molecule has 0 aliphatic heterocycles. The summed E-state index contributed by atoms with van der Waals surface area (Å²) in [6, 6.07) is 7.32. The van der Waals surface area contributed by atoms with E-state index in [1.165, 1.54) is 6.08 Å². The average molecular weight is 365 g/mol. The fourth-order valence-electron chi connectivity index (χ4n) is 1.70. The minimum Gasteiger partial charge on any atom is -0.494 e. The molecule has 0 radical (unpaired) electrons. The van der Waals surface area contributed by atoms with Crippen LogP contribution in [0.15, 0.2) is 30.3 Å². The van der Waals surface area contributed by atoms with Crippen LogP contribution in [0.3, 0.4) is 0 Å². The second-order valence-corrected chi connectivity index (χ2v) is 5.18. The predicted molar refractivity (Wildman–Crippen MR) is 99.8 cm³/mol. The molecule has 0 saturated heterocycles. The number of hydrogen-bond donors (Lipinski definition) is 3. The molecule has 0 spiro atoms. The van der Waals surface area contributed by atoms with E-state index in [1.807, 2.05) is 38.1 Å². The Morgan fingerprint density at radius 2 is 1.84 bits per heavy atom. The van der Waals surface area contributed by atoms with Gasteiger partial charge in [-0.05, 0) is 49.8 Å². The highest BCUT2D eigenvalue weighted by Gasteiger charge is 2.04. The molecule has 0 aliphatic carbocycles. The van der Waals surface area contributed by atoms with E-state index in [-0.39, 0.29) is 17.4 Å². The molecule has 0 heterocycles. The maximum Gasteiger partial charge on any atom is 0.250 e. The lowest BCUT2D eigenvalue weighted by Gasteiger charge is -2.09. The van der Waals surface area contributed by atoms with E-state index in [2.05, 4.69) is 16.2 Å². The Hall–Kier alpha value is -2.45. The minimum absolute atomic E-state index is 0.00565. The van der Waals surface area contributed by atoms with Gasteiger partial charge in [0.2, 0.25) is 11.8 Å². The second-order valence-electron chi connectivity index (χ2n) is 4.77. The smallest absolute Gasteiger partial charge is 0.250 e. The maximum atomic E-state index is 11.8. The molecule has 0 bridgehead atoms. The van der Waals surface area contributed by atoms with Gasteiger partial charge in [-0.2, -0.15) is 0 Å². The van der Waals surface area contributed by atoms with Crippen molar-refractivity contribution < 1.29 is 19.1 Å². The number of benzene rings is 1. The zero-order valence-electron chi connectivity index (χ0n) is 14.3. The van der Waals surface area contributed by atoms with Crippen LogP contribution < -0.4 is 20.9 Å². The molecular weight excluding hydrogens is 342 g/mol. The van der Waals surface area contributed by atoms with Crippen LogP contribution >= 0.6 is 12.2 Å². The fourth-order valence-corrected chi connectivity index (χ4v) is 1.85. The number of hydrazine groups is 1. The molecule has 2 amide bonds. The van der Waals surface area contributed by atoms with Gasteiger partial charge in [-0.3, -0.25) is 25.8 Å². The van der Waals surface area contributed by atoms with Gasteiger partial charge in [0.25, 0.3) is 0 Å². The molecule has 1 aromatic carbocycles. The molecule has 0 aromatic heterocycles. The van der Waals surface area contributed by atoms with E-state index in [1.54, 1.807) is 6.08 Å². The van der Waals surface area contributed by atoms with Crippen molar-refractivity contribution in [2.75, 3.05) is 19.8 Å². The van der Waals surface area contributed by atoms with Crippen molar-refractivity contribution >= 4 is 35.2 Å². The van der Waals surface area contributed by atoms with Crippen molar-refractivity contribution in [3.8, 4) is 5.75 Å². The third kappa shape index (κ3) is 9.43. The third-order valence-electron chi connectivity index (χ3n) is 2.85. The molecule has 136 valence electrons. The molecule has 0 atom stereocenters. The summed E-state index contributed by atoms with van der Waals surface area (Å²) in [6.07, 6.45) is 3.20. The quantitative estimate of drug-likeness (QED) is 0.280. The standard InChI is InChI=1S/C17H23N3O4S/c1-3-23-12-11-16(22)19-20-17(25)18-15(21)10-7-13-5-8-14(9-6-13)24-4-2/h5-10H,3-4,11-12H2,1-2H3,(H,19,22)(H2,18,20,21,25)/b10-7+. The Balaban J connectivity index is 2.32. The Morgan fingerprint density at radius 1 is 1.12 bits per heavy atom. The van der Waals surface area contributed by atoms with Crippen molar-refractivity contribution in [3.05, 3.63) is 35.9 Å². The van der Waals surface area contributed by atoms with E-state index in [0.717, 1.165) is 11.3 Å². The summed E-state index contributed by atoms with van der Waals surface area (Å²) in [5, 5.41) is 2.43. The highest BCUT2D eigenvalue weighted by Crippen LogP contribution is 2.12. The average Bonchev–Trinajstić information content (AvgIpc) is 2.60. The molecule has 0 fully saturated rings. The van der Waals surface area contributed by atoms with E-state index in [0.29, 0.717) is 19.8 Å². The Bertz CT molecular complexity index is 602. The topological polar surface area (TPSA) is 88.7 Å². The van der Waals surface area contributed by atoms with Crippen LogP contribution in [0, 0.1) is 0 Å². The van der Waals surface area contributed by atoms with Gasteiger partial charge in [0.1, 0.15) is 5.75 Å². The largest absolute Gasteiger partial charge is 0.494 e. The van der Waals surface area contributed by atoms with Crippen LogP contribution in [0.4, 0.5) is 0 Å². The van der Waals surface area contributed by atoms with Gasteiger partial charge in [-0.1, -0.05) is 12.1 Å². The van der Waals surface area contributed by atoms with Gasteiger partial charge in [0.05, 0.1) is 19.6 Å². The summed E-state index contributed by atoms with van der Waals surface area (Å²) >= 11 is 4.92. The molecule has 0 saturated carbocycles. The Kier molecular flexibility index (Phi) is 9.88. The maximum absolute atomic E-state index is 11.8.